The SMILES string of the molecule is C[C@@H](O)c1ccccc1Oc1ccccc1Br. The fraction of sp³-hybridized carbons (Fsp3) is 0.143. The first-order valence-corrected chi connectivity index (χ1v) is 6.17. The molecule has 3 heteroatoms. The molecule has 1 N–H and O–H groups in total. The van der Waals surface area contributed by atoms with Crippen molar-refractivity contribution in [2.75, 3.05) is 0 Å². The molecule has 0 bridgehead atoms. The van der Waals surface area contributed by atoms with Crippen molar-refractivity contribution in [3.63, 3.8) is 0 Å². The Hall–Kier alpha value is -1.32. The first kappa shape index (κ1) is 12.1. The van der Waals surface area contributed by atoms with Crippen LogP contribution in [0, 0.1) is 0 Å². The lowest BCUT2D eigenvalue weighted by Crippen LogP contribution is -1.95. The van der Waals surface area contributed by atoms with Gasteiger partial charge >= 0.3 is 0 Å². The Kier molecular flexibility index (Phi) is 3.82. The molecular formula is C14H13BrO2. The van der Waals surface area contributed by atoms with Gasteiger partial charge in [-0.1, -0.05) is 30.3 Å². The largest absolute Gasteiger partial charge is 0.456 e. The number of halogens is 1. The zero-order chi connectivity index (χ0) is 12.3. The highest BCUT2D eigenvalue weighted by atomic mass is 79.9. The molecule has 0 radical (unpaired) electrons. The van der Waals surface area contributed by atoms with Gasteiger partial charge in [0, 0.05) is 5.56 Å². The smallest absolute Gasteiger partial charge is 0.141 e. The van der Waals surface area contributed by atoms with Gasteiger partial charge in [0.1, 0.15) is 11.5 Å². The van der Waals surface area contributed by atoms with E-state index in [4.69, 9.17) is 4.74 Å². The zero-order valence-corrected chi connectivity index (χ0v) is 11.0. The Morgan fingerprint density at radius 2 is 1.59 bits per heavy atom. The number of rotatable bonds is 3. The van der Waals surface area contributed by atoms with E-state index in [9.17, 15) is 5.11 Å². The molecule has 17 heavy (non-hydrogen) atoms. The minimum Gasteiger partial charge on any atom is -0.456 e. The molecule has 0 aliphatic carbocycles. The molecule has 0 unspecified atom stereocenters. The molecular weight excluding hydrogens is 280 g/mol. The van der Waals surface area contributed by atoms with E-state index in [0.29, 0.717) is 5.75 Å². The molecule has 0 aromatic heterocycles. The number of aliphatic hydroxyl groups is 1. The molecule has 2 nitrogen and oxygen atoms in total. The maximum Gasteiger partial charge on any atom is 0.141 e. The van der Waals surface area contributed by atoms with Crippen LogP contribution in [0.15, 0.2) is 53.0 Å². The topological polar surface area (TPSA) is 29.5 Å². The van der Waals surface area contributed by atoms with Crippen LogP contribution < -0.4 is 4.74 Å². The second-order valence-corrected chi connectivity index (χ2v) is 4.60. The van der Waals surface area contributed by atoms with Gasteiger partial charge in [-0.2, -0.15) is 0 Å². The van der Waals surface area contributed by atoms with Gasteiger partial charge in [-0.15, -0.1) is 0 Å². The third kappa shape index (κ3) is 2.87. The number of benzene rings is 2. The van der Waals surface area contributed by atoms with Crippen molar-refractivity contribution in [2.45, 2.75) is 13.0 Å². The van der Waals surface area contributed by atoms with Crippen molar-refractivity contribution in [3.05, 3.63) is 58.6 Å². The average Bonchev–Trinajstić information content (AvgIpc) is 2.32. The van der Waals surface area contributed by atoms with Gasteiger partial charge in [-0.3, -0.25) is 0 Å². The van der Waals surface area contributed by atoms with Crippen LogP contribution in [-0.2, 0) is 0 Å². The lowest BCUT2D eigenvalue weighted by molar-refractivity contribution is 0.195. The minimum atomic E-state index is -0.548. The molecule has 0 fully saturated rings. The Bertz CT molecular complexity index is 509. The second-order valence-electron chi connectivity index (χ2n) is 3.75. The molecule has 0 aliphatic rings. The lowest BCUT2D eigenvalue weighted by atomic mass is 10.1. The molecule has 2 aromatic rings. The maximum atomic E-state index is 9.66. The van der Waals surface area contributed by atoms with E-state index in [1.807, 2.05) is 48.5 Å². The highest BCUT2D eigenvalue weighted by molar-refractivity contribution is 9.10. The van der Waals surface area contributed by atoms with E-state index >= 15 is 0 Å². The van der Waals surface area contributed by atoms with Crippen molar-refractivity contribution in [2.24, 2.45) is 0 Å². The molecule has 0 saturated heterocycles. The Morgan fingerprint density at radius 1 is 1.00 bits per heavy atom. The molecule has 2 aromatic carbocycles. The standard InChI is InChI=1S/C14H13BrO2/c1-10(16)11-6-2-4-8-13(11)17-14-9-5-3-7-12(14)15/h2-10,16H,1H3/t10-/m1/s1. The number of aliphatic hydroxyl groups excluding tert-OH is 1. The Balaban J connectivity index is 2.34. The van der Waals surface area contributed by atoms with Crippen LogP contribution in [0.1, 0.15) is 18.6 Å². The summed E-state index contributed by atoms with van der Waals surface area (Å²) in [5, 5.41) is 9.66. The summed E-state index contributed by atoms with van der Waals surface area (Å²) < 4.78 is 6.68. The highest BCUT2D eigenvalue weighted by Gasteiger charge is 2.10. The molecule has 0 saturated carbocycles. The van der Waals surface area contributed by atoms with Crippen molar-refractivity contribution in [1.82, 2.24) is 0 Å². The molecule has 0 aliphatic heterocycles. The predicted octanol–water partition coefficient (Wildman–Crippen LogP) is 4.29. The fourth-order valence-corrected chi connectivity index (χ4v) is 1.93. The van der Waals surface area contributed by atoms with E-state index in [0.717, 1.165) is 15.8 Å². The van der Waals surface area contributed by atoms with Crippen LogP contribution in [-0.4, -0.2) is 5.11 Å². The molecule has 0 spiro atoms. The summed E-state index contributed by atoms with van der Waals surface area (Å²) in [5.74, 6) is 1.41. The summed E-state index contributed by atoms with van der Waals surface area (Å²) in [6, 6.07) is 15.1. The summed E-state index contributed by atoms with van der Waals surface area (Å²) in [7, 11) is 0. The zero-order valence-electron chi connectivity index (χ0n) is 9.43. The third-order valence-electron chi connectivity index (χ3n) is 2.43. The molecule has 88 valence electrons. The summed E-state index contributed by atoms with van der Waals surface area (Å²) in [6.45, 7) is 1.72. The van der Waals surface area contributed by atoms with Crippen LogP contribution in [0.4, 0.5) is 0 Å². The molecule has 1 atom stereocenters. The third-order valence-corrected chi connectivity index (χ3v) is 3.08. The van der Waals surface area contributed by atoms with Crippen LogP contribution >= 0.6 is 15.9 Å². The number of ether oxygens (including phenoxy) is 1. The van der Waals surface area contributed by atoms with Gasteiger partial charge in [0.2, 0.25) is 0 Å². The van der Waals surface area contributed by atoms with E-state index < -0.39 is 6.10 Å². The molecule has 0 amide bonds. The normalized spacial score (nSPS) is 12.2. The van der Waals surface area contributed by atoms with Crippen LogP contribution in [0.2, 0.25) is 0 Å². The summed E-state index contributed by atoms with van der Waals surface area (Å²) in [4.78, 5) is 0. The Labute approximate surface area is 109 Å². The number of para-hydroxylation sites is 2. The van der Waals surface area contributed by atoms with Crippen molar-refractivity contribution >= 4 is 15.9 Å². The van der Waals surface area contributed by atoms with Crippen molar-refractivity contribution < 1.29 is 9.84 Å². The lowest BCUT2D eigenvalue weighted by Gasteiger charge is -2.13. The van der Waals surface area contributed by atoms with Gasteiger partial charge in [0.25, 0.3) is 0 Å². The van der Waals surface area contributed by atoms with Crippen molar-refractivity contribution in [1.29, 1.82) is 0 Å². The second kappa shape index (κ2) is 5.34. The number of hydrogen-bond acceptors (Lipinski definition) is 2. The van der Waals surface area contributed by atoms with Gasteiger partial charge in [-0.25, -0.2) is 0 Å². The first-order chi connectivity index (χ1) is 8.18. The predicted molar refractivity (Wildman–Crippen MR) is 71.3 cm³/mol. The summed E-state index contributed by atoms with van der Waals surface area (Å²) in [6.07, 6.45) is -0.548. The van der Waals surface area contributed by atoms with Gasteiger partial charge < -0.3 is 9.84 Å². The monoisotopic (exact) mass is 292 g/mol. The molecule has 2 rings (SSSR count). The first-order valence-electron chi connectivity index (χ1n) is 5.38. The highest BCUT2D eigenvalue weighted by Crippen LogP contribution is 2.33. The van der Waals surface area contributed by atoms with E-state index in [1.54, 1.807) is 6.92 Å². The van der Waals surface area contributed by atoms with Crippen LogP contribution in [0.3, 0.4) is 0 Å². The number of hydrogen-bond donors (Lipinski definition) is 1. The summed E-state index contributed by atoms with van der Waals surface area (Å²) in [5.41, 5.74) is 0.781. The molecule has 0 heterocycles. The van der Waals surface area contributed by atoms with E-state index in [2.05, 4.69) is 15.9 Å². The van der Waals surface area contributed by atoms with Gasteiger partial charge in [0.05, 0.1) is 10.6 Å². The van der Waals surface area contributed by atoms with E-state index in [-0.39, 0.29) is 0 Å². The van der Waals surface area contributed by atoms with Crippen LogP contribution in [0.5, 0.6) is 11.5 Å². The Morgan fingerprint density at radius 3 is 2.24 bits per heavy atom. The van der Waals surface area contributed by atoms with Crippen molar-refractivity contribution in [3.8, 4) is 11.5 Å². The van der Waals surface area contributed by atoms with Gasteiger partial charge in [-0.05, 0) is 41.1 Å². The quantitative estimate of drug-likeness (QED) is 0.914. The van der Waals surface area contributed by atoms with E-state index in [1.165, 1.54) is 0 Å². The summed E-state index contributed by atoms with van der Waals surface area (Å²) >= 11 is 3.43. The fourth-order valence-electron chi connectivity index (χ4n) is 1.56. The maximum absolute atomic E-state index is 9.66. The minimum absolute atomic E-state index is 0.548. The van der Waals surface area contributed by atoms with Gasteiger partial charge in [0.15, 0.2) is 0 Å². The van der Waals surface area contributed by atoms with Crippen LogP contribution in [0.25, 0.3) is 0 Å². The average molecular weight is 293 g/mol.